The van der Waals surface area contributed by atoms with Gasteiger partial charge in [-0.1, -0.05) is 16.6 Å². The molecule has 0 bridgehead atoms. The highest BCUT2D eigenvalue weighted by Crippen LogP contribution is 2.09. The molecule has 2 aromatic rings. The number of ketones is 1. The predicted molar refractivity (Wildman–Crippen MR) is 64.9 cm³/mol. The molecule has 4 nitrogen and oxygen atoms in total. The van der Waals surface area contributed by atoms with Crippen LogP contribution in [0.2, 0.25) is 5.02 Å². The van der Waals surface area contributed by atoms with Crippen LogP contribution in [0.3, 0.4) is 0 Å². The van der Waals surface area contributed by atoms with Crippen LogP contribution in [-0.2, 0) is 6.54 Å². The van der Waals surface area contributed by atoms with Gasteiger partial charge in [-0.15, -0.1) is 0 Å². The fraction of sp³-hybridized carbons (Fsp3) is 0.0769. The van der Waals surface area contributed by atoms with Crippen LogP contribution in [0.15, 0.2) is 43.0 Å². The molecule has 0 aliphatic rings. The summed E-state index contributed by atoms with van der Waals surface area (Å²) in [6, 6.07) is 8.66. The second-order valence-electron chi connectivity index (χ2n) is 3.69. The Morgan fingerprint density at radius 2 is 2.11 bits per heavy atom. The molecule has 88 valence electrons. The SMILES string of the molecule is N#Cc1cnc[n+](CC(=O)c2ccc(Cl)cc2)c1. The minimum atomic E-state index is -0.0615. The van der Waals surface area contributed by atoms with E-state index in [4.69, 9.17) is 16.9 Å². The third-order valence-corrected chi connectivity index (χ3v) is 2.61. The second kappa shape index (κ2) is 5.39. The van der Waals surface area contributed by atoms with Gasteiger partial charge in [-0.05, 0) is 24.3 Å². The maximum atomic E-state index is 12.0. The average molecular weight is 259 g/mol. The molecule has 0 fully saturated rings. The monoisotopic (exact) mass is 258 g/mol. The van der Waals surface area contributed by atoms with Gasteiger partial charge in [0.1, 0.15) is 17.8 Å². The van der Waals surface area contributed by atoms with E-state index < -0.39 is 0 Å². The molecule has 0 radical (unpaired) electrons. The molecule has 0 saturated heterocycles. The van der Waals surface area contributed by atoms with E-state index in [1.807, 2.05) is 6.07 Å². The number of carbonyl (C=O) groups excluding carboxylic acids is 1. The molecule has 0 aliphatic carbocycles. The van der Waals surface area contributed by atoms with E-state index >= 15 is 0 Å². The van der Waals surface area contributed by atoms with Gasteiger partial charge in [0, 0.05) is 10.6 Å². The van der Waals surface area contributed by atoms with Crippen LogP contribution in [0, 0.1) is 11.3 Å². The highest BCUT2D eigenvalue weighted by Gasteiger charge is 2.10. The number of Topliss-reactive ketones (excluding diaryl/α,β-unsaturated/α-hetero) is 1. The highest BCUT2D eigenvalue weighted by atomic mass is 35.5. The Morgan fingerprint density at radius 3 is 2.78 bits per heavy atom. The summed E-state index contributed by atoms with van der Waals surface area (Å²) in [6.45, 7) is 0.143. The molecule has 0 spiro atoms. The number of hydrogen-bond donors (Lipinski definition) is 0. The average Bonchev–Trinajstić information content (AvgIpc) is 2.39. The number of hydrogen-bond acceptors (Lipinski definition) is 3. The van der Waals surface area contributed by atoms with Gasteiger partial charge in [0.15, 0.2) is 12.7 Å². The Morgan fingerprint density at radius 1 is 1.39 bits per heavy atom. The van der Waals surface area contributed by atoms with E-state index in [0.717, 1.165) is 0 Å². The fourth-order valence-corrected chi connectivity index (χ4v) is 1.61. The quantitative estimate of drug-likeness (QED) is 0.623. The molecule has 0 aliphatic heterocycles. The fourth-order valence-electron chi connectivity index (χ4n) is 1.48. The van der Waals surface area contributed by atoms with Gasteiger partial charge in [0.25, 0.3) is 6.33 Å². The van der Waals surface area contributed by atoms with Crippen LogP contribution in [0.1, 0.15) is 15.9 Å². The zero-order chi connectivity index (χ0) is 13.0. The van der Waals surface area contributed by atoms with Gasteiger partial charge in [-0.2, -0.15) is 5.26 Å². The molecular weight excluding hydrogens is 250 g/mol. The lowest BCUT2D eigenvalue weighted by atomic mass is 10.1. The maximum absolute atomic E-state index is 12.0. The third-order valence-electron chi connectivity index (χ3n) is 2.35. The summed E-state index contributed by atoms with van der Waals surface area (Å²) in [5.74, 6) is -0.0615. The van der Waals surface area contributed by atoms with Crippen molar-refractivity contribution >= 4 is 17.4 Å². The lowest BCUT2D eigenvalue weighted by Gasteiger charge is -2.00. The summed E-state index contributed by atoms with van der Waals surface area (Å²) >= 11 is 5.75. The summed E-state index contributed by atoms with van der Waals surface area (Å²) in [5.41, 5.74) is 0.996. The van der Waals surface area contributed by atoms with Crippen LogP contribution in [0.25, 0.3) is 0 Å². The first kappa shape index (κ1) is 12.2. The molecule has 2 rings (SSSR count). The van der Waals surface area contributed by atoms with E-state index in [9.17, 15) is 4.79 Å². The van der Waals surface area contributed by atoms with Crippen molar-refractivity contribution in [2.45, 2.75) is 6.54 Å². The van der Waals surface area contributed by atoms with Crippen molar-refractivity contribution in [1.29, 1.82) is 5.26 Å². The summed E-state index contributed by atoms with van der Waals surface area (Å²) in [6.07, 6.45) is 4.54. The Labute approximate surface area is 109 Å². The maximum Gasteiger partial charge on any atom is 0.286 e. The van der Waals surface area contributed by atoms with Gasteiger partial charge in [0.2, 0.25) is 5.78 Å². The summed E-state index contributed by atoms with van der Waals surface area (Å²) in [5, 5.41) is 9.33. The number of nitriles is 1. The van der Waals surface area contributed by atoms with E-state index in [-0.39, 0.29) is 12.3 Å². The van der Waals surface area contributed by atoms with Gasteiger partial charge in [0.05, 0.1) is 0 Å². The van der Waals surface area contributed by atoms with Crippen molar-refractivity contribution in [1.82, 2.24) is 4.98 Å². The zero-order valence-electron chi connectivity index (χ0n) is 9.38. The lowest BCUT2D eigenvalue weighted by Crippen LogP contribution is -2.38. The zero-order valence-corrected chi connectivity index (χ0v) is 10.1. The first-order valence-electron chi connectivity index (χ1n) is 5.22. The predicted octanol–water partition coefficient (Wildman–Crippen LogP) is 1.78. The molecule has 0 amide bonds. The molecule has 0 saturated carbocycles. The van der Waals surface area contributed by atoms with E-state index in [2.05, 4.69) is 4.98 Å². The van der Waals surface area contributed by atoms with Crippen molar-refractivity contribution in [2.75, 3.05) is 0 Å². The largest absolute Gasteiger partial charge is 0.290 e. The Bertz CT molecular complexity index is 617. The molecule has 1 heterocycles. The van der Waals surface area contributed by atoms with Crippen molar-refractivity contribution in [3.63, 3.8) is 0 Å². The number of benzene rings is 1. The van der Waals surface area contributed by atoms with Crippen molar-refractivity contribution in [3.05, 3.63) is 59.1 Å². The molecule has 18 heavy (non-hydrogen) atoms. The van der Waals surface area contributed by atoms with Crippen molar-refractivity contribution < 1.29 is 9.36 Å². The molecule has 1 aromatic carbocycles. The molecular formula is C13H9ClN3O+. The van der Waals surface area contributed by atoms with Crippen LogP contribution in [-0.4, -0.2) is 10.8 Å². The minimum absolute atomic E-state index is 0.0615. The number of rotatable bonds is 3. The van der Waals surface area contributed by atoms with Crippen LogP contribution in [0.4, 0.5) is 0 Å². The standard InChI is InChI=1S/C13H9ClN3O/c14-12-3-1-11(2-4-12)13(18)8-17-7-10(5-15)6-16-9-17/h1-4,6-7,9H,8H2/q+1. The number of aromatic nitrogens is 2. The summed E-state index contributed by atoms with van der Waals surface area (Å²) in [7, 11) is 0. The normalized spacial score (nSPS) is 9.78. The number of halogens is 1. The molecule has 5 heteroatoms. The van der Waals surface area contributed by atoms with Gasteiger partial charge in [-0.3, -0.25) is 4.79 Å². The first-order chi connectivity index (χ1) is 8.69. The Balaban J connectivity index is 2.16. The number of carbonyl (C=O) groups is 1. The van der Waals surface area contributed by atoms with Crippen molar-refractivity contribution in [2.24, 2.45) is 0 Å². The van der Waals surface area contributed by atoms with Gasteiger partial charge >= 0.3 is 0 Å². The van der Waals surface area contributed by atoms with Crippen molar-refractivity contribution in [3.8, 4) is 6.07 Å². The Kier molecular flexibility index (Phi) is 3.66. The minimum Gasteiger partial charge on any atom is -0.290 e. The Hall–Kier alpha value is -2.25. The van der Waals surface area contributed by atoms with Crippen LogP contribution in [0.5, 0.6) is 0 Å². The van der Waals surface area contributed by atoms with E-state index in [0.29, 0.717) is 16.1 Å². The van der Waals surface area contributed by atoms with Crippen LogP contribution >= 0.6 is 11.6 Å². The first-order valence-corrected chi connectivity index (χ1v) is 5.60. The topological polar surface area (TPSA) is 57.6 Å². The molecule has 0 atom stereocenters. The van der Waals surface area contributed by atoms with E-state index in [1.165, 1.54) is 12.5 Å². The lowest BCUT2D eigenvalue weighted by molar-refractivity contribution is -0.686. The van der Waals surface area contributed by atoms with Crippen LogP contribution < -0.4 is 4.57 Å². The number of nitrogens with zero attached hydrogens (tertiary/aromatic N) is 3. The molecule has 0 N–H and O–H groups in total. The van der Waals surface area contributed by atoms with Gasteiger partial charge < -0.3 is 0 Å². The smallest absolute Gasteiger partial charge is 0.286 e. The molecule has 1 aromatic heterocycles. The molecule has 0 unspecified atom stereocenters. The van der Waals surface area contributed by atoms with Gasteiger partial charge in [-0.25, -0.2) is 4.57 Å². The summed E-state index contributed by atoms with van der Waals surface area (Å²) in [4.78, 5) is 15.8. The van der Waals surface area contributed by atoms with E-state index in [1.54, 1.807) is 35.0 Å². The second-order valence-corrected chi connectivity index (χ2v) is 4.13. The summed E-state index contributed by atoms with van der Waals surface area (Å²) < 4.78 is 1.58. The third kappa shape index (κ3) is 2.90. The highest BCUT2D eigenvalue weighted by molar-refractivity contribution is 6.30.